The van der Waals surface area contributed by atoms with Crippen molar-refractivity contribution in [2.75, 3.05) is 37.4 Å². The zero-order valence-electron chi connectivity index (χ0n) is 23.5. The van der Waals surface area contributed by atoms with Crippen LogP contribution in [0.4, 0.5) is 11.6 Å². The van der Waals surface area contributed by atoms with Crippen LogP contribution in [0.1, 0.15) is 12.5 Å². The number of fused-ring (bicyclic) bond motifs is 2. The minimum Gasteiger partial charge on any atom is -0.394 e. The molecule has 4 aromatic rings. The van der Waals surface area contributed by atoms with Crippen LogP contribution >= 0.6 is 15.6 Å². The zero-order valence-corrected chi connectivity index (χ0v) is 25.3. The Hall–Kier alpha value is -3.37. The number of aliphatic hydroxyl groups is 3. The lowest BCUT2D eigenvalue weighted by Gasteiger charge is -2.23. The van der Waals surface area contributed by atoms with Gasteiger partial charge in [0.1, 0.15) is 66.7 Å². The summed E-state index contributed by atoms with van der Waals surface area (Å²) in [5.74, 6) is 0.174. The van der Waals surface area contributed by atoms with E-state index in [2.05, 4.69) is 29.9 Å². The lowest BCUT2D eigenvalue weighted by Crippen LogP contribution is -2.37. The maximum absolute atomic E-state index is 13.0. The van der Waals surface area contributed by atoms with Gasteiger partial charge in [-0.2, -0.15) is 4.89 Å². The van der Waals surface area contributed by atoms with Crippen molar-refractivity contribution in [1.82, 2.24) is 39.0 Å². The number of imidazole rings is 2. The van der Waals surface area contributed by atoms with Crippen LogP contribution in [0.15, 0.2) is 25.3 Å². The third-order valence-corrected chi connectivity index (χ3v) is 8.77. The average Bonchev–Trinajstić information content (AvgIpc) is 3.78. The molecule has 10 atom stereocenters. The van der Waals surface area contributed by atoms with Crippen LogP contribution in [-0.4, -0.2) is 127 Å². The minimum atomic E-state index is -4.60. The van der Waals surface area contributed by atoms with E-state index in [0.29, 0.717) is 0 Å². The first kappa shape index (κ1) is 32.6. The second kappa shape index (κ2) is 13.0. The number of nitrogens with two attached hydrogens (primary N) is 2. The van der Waals surface area contributed by atoms with Crippen LogP contribution in [0.5, 0.6) is 0 Å². The van der Waals surface area contributed by atoms with Crippen LogP contribution in [0, 0.1) is 0 Å². The van der Waals surface area contributed by atoms with Gasteiger partial charge in [-0.15, -0.1) is 0 Å². The lowest BCUT2D eigenvalue weighted by molar-refractivity contribution is -0.0605. The Morgan fingerprint density at radius 2 is 1.39 bits per heavy atom. The molecule has 6 unspecified atom stereocenters. The summed E-state index contributed by atoms with van der Waals surface area (Å²) >= 11 is 0. The van der Waals surface area contributed by atoms with Gasteiger partial charge in [0.2, 0.25) is 0 Å². The van der Waals surface area contributed by atoms with Crippen LogP contribution in [0.3, 0.4) is 0 Å². The van der Waals surface area contributed by atoms with E-state index in [9.17, 15) is 34.2 Å². The number of anilines is 2. The Morgan fingerprint density at radius 1 is 0.870 bits per heavy atom. The summed E-state index contributed by atoms with van der Waals surface area (Å²) < 4.78 is 54.9. The molecular formula is C22H29N10O12P2+. The lowest BCUT2D eigenvalue weighted by atomic mass is 10.1. The van der Waals surface area contributed by atoms with E-state index < -0.39 is 90.6 Å². The van der Waals surface area contributed by atoms with E-state index in [1.165, 1.54) is 34.4 Å². The second-order valence-corrected chi connectivity index (χ2v) is 13.0. The summed E-state index contributed by atoms with van der Waals surface area (Å²) in [6, 6.07) is 0. The van der Waals surface area contributed by atoms with Crippen molar-refractivity contribution in [3.63, 3.8) is 0 Å². The second-order valence-electron chi connectivity index (χ2n) is 10.3. The van der Waals surface area contributed by atoms with Crippen molar-refractivity contribution in [3.05, 3.63) is 25.3 Å². The number of aliphatic hydroxyl groups excluding tert-OH is 3. The first-order valence-corrected chi connectivity index (χ1v) is 16.6. The monoisotopic (exact) mass is 687 g/mol. The van der Waals surface area contributed by atoms with Gasteiger partial charge in [-0.05, 0) is 4.57 Å². The maximum atomic E-state index is 13.0. The van der Waals surface area contributed by atoms with Crippen molar-refractivity contribution in [3.8, 4) is 0 Å². The molecule has 4 aromatic heterocycles. The van der Waals surface area contributed by atoms with E-state index >= 15 is 0 Å². The molecule has 46 heavy (non-hydrogen) atoms. The standard InChI is InChI=1S/C22H28N10O12P2/c23-17-11-19(27-3-25-17)31(5-29-11)21-13(34)15(9(1-33)43-21)41-8-46(38,39)42-2-10-16(40-7-45(36)37)14(35)22(44-10)32-6-30-12-18(24)26-4-28-20(12)32/h3-6,9-10,13-16,21-22,33-35H,1-2,7-8H2,(H5-,23,24,25,26,27,28,36,37,38,39)/p+1/t9-,10-,13?,14?,15?,16?,21-,22-/m1/s1. The zero-order chi connectivity index (χ0) is 32.7. The van der Waals surface area contributed by atoms with E-state index in [1.54, 1.807) is 0 Å². The van der Waals surface area contributed by atoms with Crippen molar-refractivity contribution in [2.24, 2.45) is 0 Å². The Kier molecular flexibility index (Phi) is 9.22. The molecule has 0 aromatic carbocycles. The van der Waals surface area contributed by atoms with E-state index in [-0.39, 0.29) is 34.0 Å². The fourth-order valence-corrected chi connectivity index (χ4v) is 6.38. The summed E-state index contributed by atoms with van der Waals surface area (Å²) in [6.07, 6.45) is -6.86. The molecule has 2 aliphatic rings. The predicted octanol–water partition coefficient (Wildman–Crippen LogP) is -2.04. The fourth-order valence-electron chi connectivity index (χ4n) is 5.26. The van der Waals surface area contributed by atoms with Crippen molar-refractivity contribution < 1.29 is 57.7 Å². The van der Waals surface area contributed by atoms with Crippen molar-refractivity contribution in [1.29, 1.82) is 0 Å². The average molecular weight is 687 g/mol. The van der Waals surface area contributed by atoms with E-state index in [1.807, 2.05) is 0 Å². The van der Waals surface area contributed by atoms with Gasteiger partial charge in [0.25, 0.3) is 6.35 Å². The molecule has 0 bridgehead atoms. The largest absolute Gasteiger partial charge is 0.534 e. The molecule has 22 nitrogen and oxygen atoms in total. The van der Waals surface area contributed by atoms with Crippen molar-refractivity contribution >= 4 is 49.6 Å². The topological polar surface area (TPSA) is 321 Å². The smallest absolute Gasteiger partial charge is 0.394 e. The predicted molar refractivity (Wildman–Crippen MR) is 151 cm³/mol. The summed E-state index contributed by atoms with van der Waals surface area (Å²) in [5.41, 5.74) is 12.6. The van der Waals surface area contributed by atoms with Gasteiger partial charge in [0.05, 0.1) is 25.9 Å². The number of nitrogen functional groups attached to an aromatic ring is 2. The number of hydrogen-bond donors (Lipinski definition) is 7. The van der Waals surface area contributed by atoms with Gasteiger partial charge in [0.15, 0.2) is 35.4 Å². The molecule has 6 heterocycles. The number of ether oxygens (including phenoxy) is 4. The Bertz CT molecular complexity index is 1780. The Labute approximate surface area is 258 Å². The molecule has 248 valence electrons. The van der Waals surface area contributed by atoms with Gasteiger partial charge >= 0.3 is 15.6 Å². The molecule has 2 saturated heterocycles. The maximum Gasteiger partial charge on any atom is 0.534 e. The first-order valence-electron chi connectivity index (χ1n) is 13.5. The summed E-state index contributed by atoms with van der Waals surface area (Å²) in [6.45, 7) is -1.25. The van der Waals surface area contributed by atoms with Gasteiger partial charge < -0.3 is 55.2 Å². The highest BCUT2D eigenvalue weighted by Gasteiger charge is 2.49. The van der Waals surface area contributed by atoms with Gasteiger partial charge in [-0.25, -0.2) is 29.9 Å². The third kappa shape index (κ3) is 6.18. The summed E-state index contributed by atoms with van der Waals surface area (Å²) in [7, 11) is -7.37. The Balaban J connectivity index is 1.13. The molecule has 9 N–H and O–H groups in total. The molecule has 0 aliphatic carbocycles. The summed E-state index contributed by atoms with van der Waals surface area (Å²) in [5, 5.41) is 31.9. The fraction of sp³-hybridized carbons (Fsp3) is 0.545. The molecule has 2 fully saturated rings. The van der Waals surface area contributed by atoms with Crippen LogP contribution in [0.2, 0.25) is 0 Å². The SMILES string of the molecule is Nc1ncnc2c1ncn2[C@@H]1O[C@H](CO)C(OCP(=O)(O)OC[C@H]2O[C@@H](n3cnc4c(N)ncnc43)C(O)C2OC[P+](=O)O)C1O. The molecule has 2 aliphatic heterocycles. The Morgan fingerprint density at radius 3 is 1.91 bits per heavy atom. The summed E-state index contributed by atoms with van der Waals surface area (Å²) in [4.78, 5) is 44.0. The normalized spacial score (nSPS) is 29.9. The highest BCUT2D eigenvalue weighted by atomic mass is 31.2. The highest BCUT2D eigenvalue weighted by Crippen LogP contribution is 2.45. The van der Waals surface area contributed by atoms with E-state index in [4.69, 9.17) is 34.9 Å². The molecule has 0 radical (unpaired) electrons. The van der Waals surface area contributed by atoms with Gasteiger partial charge in [-0.1, -0.05) is 0 Å². The van der Waals surface area contributed by atoms with E-state index in [0.717, 1.165) is 0 Å². The number of rotatable bonds is 12. The van der Waals surface area contributed by atoms with Crippen molar-refractivity contribution in [2.45, 2.75) is 49.1 Å². The quantitative estimate of drug-likeness (QED) is 0.0789. The van der Waals surface area contributed by atoms with Gasteiger partial charge in [0, 0.05) is 0 Å². The van der Waals surface area contributed by atoms with Gasteiger partial charge in [-0.3, -0.25) is 13.7 Å². The molecular weight excluding hydrogens is 658 g/mol. The molecule has 0 saturated carbocycles. The van der Waals surface area contributed by atoms with Crippen LogP contribution in [-0.2, 0) is 32.6 Å². The molecule has 0 amide bonds. The highest BCUT2D eigenvalue weighted by molar-refractivity contribution is 7.52. The minimum absolute atomic E-state index is 0.0759. The van der Waals surface area contributed by atoms with Crippen LogP contribution in [0.25, 0.3) is 22.3 Å². The molecule has 0 spiro atoms. The third-order valence-electron chi connectivity index (χ3n) is 7.37. The molecule has 24 heteroatoms. The number of aromatic nitrogens is 8. The number of nitrogens with zero attached hydrogens (tertiary/aromatic N) is 8. The molecule has 6 rings (SSSR count). The van der Waals surface area contributed by atoms with Crippen LogP contribution < -0.4 is 11.5 Å². The number of hydrogen-bond acceptors (Lipinski definition) is 18. The first-order chi connectivity index (χ1) is 22.0.